The van der Waals surface area contributed by atoms with Crippen LogP contribution in [0, 0.1) is 0 Å². The molecule has 9 heavy (non-hydrogen) atoms. The highest BCUT2D eigenvalue weighted by Crippen LogP contribution is 1.96. The summed E-state index contributed by atoms with van der Waals surface area (Å²) in [5, 5.41) is 0. The van der Waals surface area contributed by atoms with E-state index in [4.69, 9.17) is 4.84 Å². The molecule has 0 saturated carbocycles. The molecule has 0 aromatic heterocycles. The number of hydrogen-bond donors (Lipinski definition) is 1. The molecular formula is C6H17NOSi. The van der Waals surface area contributed by atoms with Crippen LogP contribution in [-0.2, 0) is 4.84 Å². The van der Waals surface area contributed by atoms with Crippen molar-refractivity contribution in [3.8, 4) is 0 Å². The Bertz CT molecular complexity index is 69.9. The van der Waals surface area contributed by atoms with Gasteiger partial charge in [-0.25, -0.2) is 5.48 Å². The Balaban J connectivity index is 3.07. The van der Waals surface area contributed by atoms with Crippen molar-refractivity contribution in [1.82, 2.24) is 5.48 Å². The fraction of sp³-hybridized carbons (Fsp3) is 1.00. The minimum absolute atomic E-state index is 0.754. The fourth-order valence-electron chi connectivity index (χ4n) is 0.370. The summed E-state index contributed by atoms with van der Waals surface area (Å²) in [6, 6.07) is 0. The molecule has 0 aliphatic heterocycles. The van der Waals surface area contributed by atoms with Crippen LogP contribution in [-0.4, -0.2) is 20.8 Å². The second kappa shape index (κ2) is 4.03. The van der Waals surface area contributed by atoms with Crippen LogP contribution in [0.3, 0.4) is 0 Å². The second-order valence-electron chi connectivity index (χ2n) is 3.31. The molecule has 0 heterocycles. The van der Waals surface area contributed by atoms with Crippen LogP contribution < -0.4 is 5.48 Å². The SMILES string of the molecule is CCONC[Si](C)(C)C. The highest BCUT2D eigenvalue weighted by molar-refractivity contribution is 6.76. The van der Waals surface area contributed by atoms with Gasteiger partial charge >= 0.3 is 0 Å². The molecule has 2 nitrogen and oxygen atoms in total. The summed E-state index contributed by atoms with van der Waals surface area (Å²) in [7, 11) is -0.931. The van der Waals surface area contributed by atoms with Crippen molar-refractivity contribution in [3.63, 3.8) is 0 Å². The average molecular weight is 147 g/mol. The molecule has 0 unspecified atom stereocenters. The molecule has 0 spiro atoms. The predicted molar refractivity (Wildman–Crippen MR) is 43.0 cm³/mol. The van der Waals surface area contributed by atoms with Crippen molar-refractivity contribution in [3.05, 3.63) is 0 Å². The third kappa shape index (κ3) is 8.14. The van der Waals surface area contributed by atoms with Gasteiger partial charge in [0.05, 0.1) is 14.7 Å². The maximum Gasteiger partial charge on any atom is 0.0653 e. The first-order valence-corrected chi connectivity index (χ1v) is 7.11. The zero-order chi connectivity index (χ0) is 7.33. The van der Waals surface area contributed by atoms with Gasteiger partial charge in [-0.1, -0.05) is 19.6 Å². The Hall–Kier alpha value is 0.137. The predicted octanol–water partition coefficient (Wildman–Crippen LogP) is 1.40. The highest BCUT2D eigenvalue weighted by Gasteiger charge is 2.11. The lowest BCUT2D eigenvalue weighted by atomic mass is 10.9. The Morgan fingerprint density at radius 2 is 1.89 bits per heavy atom. The van der Waals surface area contributed by atoms with Gasteiger partial charge in [0.25, 0.3) is 0 Å². The quantitative estimate of drug-likeness (QED) is 0.369. The fourth-order valence-corrected chi connectivity index (χ4v) is 0.905. The van der Waals surface area contributed by atoms with Crippen LogP contribution in [0.25, 0.3) is 0 Å². The molecule has 0 rings (SSSR count). The Labute approximate surface area is 58.6 Å². The molecule has 0 bridgehead atoms. The van der Waals surface area contributed by atoms with Crippen molar-refractivity contribution in [2.45, 2.75) is 26.6 Å². The molecule has 0 atom stereocenters. The number of hydrogen-bond acceptors (Lipinski definition) is 2. The largest absolute Gasteiger partial charge is 0.302 e. The van der Waals surface area contributed by atoms with Crippen LogP contribution in [0.4, 0.5) is 0 Å². The van der Waals surface area contributed by atoms with Crippen molar-refractivity contribution in [1.29, 1.82) is 0 Å². The van der Waals surface area contributed by atoms with Gasteiger partial charge in [-0.05, 0) is 6.92 Å². The van der Waals surface area contributed by atoms with Crippen LogP contribution in [0.2, 0.25) is 19.6 Å². The lowest BCUT2D eigenvalue weighted by Gasteiger charge is -2.15. The smallest absolute Gasteiger partial charge is 0.0653 e. The monoisotopic (exact) mass is 147 g/mol. The molecule has 0 aliphatic carbocycles. The summed E-state index contributed by atoms with van der Waals surface area (Å²) in [6.07, 6.45) is 1.04. The number of nitrogens with one attached hydrogen (secondary N) is 1. The van der Waals surface area contributed by atoms with E-state index < -0.39 is 8.07 Å². The minimum Gasteiger partial charge on any atom is -0.302 e. The standard InChI is InChI=1S/C6H17NOSi/c1-5-8-7-6-9(2,3)4/h7H,5-6H2,1-4H3. The summed E-state index contributed by atoms with van der Waals surface area (Å²) < 4.78 is 0. The number of hydroxylamine groups is 1. The molecule has 0 aromatic rings. The molecule has 3 heteroatoms. The Kier molecular flexibility index (Phi) is 4.09. The van der Waals surface area contributed by atoms with Crippen LogP contribution >= 0.6 is 0 Å². The molecule has 0 saturated heterocycles. The summed E-state index contributed by atoms with van der Waals surface area (Å²) in [4.78, 5) is 4.99. The summed E-state index contributed by atoms with van der Waals surface area (Å²) in [5.74, 6) is 0. The molecule has 0 amide bonds. The van der Waals surface area contributed by atoms with Gasteiger partial charge < -0.3 is 4.84 Å². The molecule has 0 aliphatic rings. The van der Waals surface area contributed by atoms with E-state index in [1.807, 2.05) is 6.92 Å². The second-order valence-corrected chi connectivity index (χ2v) is 8.79. The van der Waals surface area contributed by atoms with Crippen LogP contribution in [0.15, 0.2) is 0 Å². The van der Waals surface area contributed by atoms with E-state index >= 15 is 0 Å². The van der Waals surface area contributed by atoms with Gasteiger partial charge in [-0.3, -0.25) is 0 Å². The van der Waals surface area contributed by atoms with Gasteiger partial charge in [0, 0.05) is 6.17 Å². The van der Waals surface area contributed by atoms with E-state index in [0.29, 0.717) is 0 Å². The van der Waals surface area contributed by atoms with E-state index in [1.165, 1.54) is 0 Å². The third-order valence-electron chi connectivity index (χ3n) is 0.849. The van der Waals surface area contributed by atoms with E-state index in [-0.39, 0.29) is 0 Å². The van der Waals surface area contributed by atoms with Crippen LogP contribution in [0.5, 0.6) is 0 Å². The molecule has 0 fully saturated rings. The van der Waals surface area contributed by atoms with Gasteiger partial charge in [-0.15, -0.1) is 0 Å². The van der Waals surface area contributed by atoms with Gasteiger partial charge in [-0.2, -0.15) is 0 Å². The molecule has 56 valence electrons. The first kappa shape index (κ1) is 9.14. The number of rotatable bonds is 4. The van der Waals surface area contributed by atoms with E-state index in [2.05, 4.69) is 25.1 Å². The molecule has 1 N–H and O–H groups in total. The molecule has 0 aromatic carbocycles. The first-order chi connectivity index (χ1) is 4.06. The Morgan fingerprint density at radius 1 is 1.33 bits per heavy atom. The molecule has 0 radical (unpaired) electrons. The van der Waals surface area contributed by atoms with E-state index in [0.717, 1.165) is 12.8 Å². The minimum atomic E-state index is -0.931. The van der Waals surface area contributed by atoms with Gasteiger partial charge in [0.2, 0.25) is 0 Å². The maximum absolute atomic E-state index is 4.99. The lowest BCUT2D eigenvalue weighted by molar-refractivity contribution is 0.0618. The highest BCUT2D eigenvalue weighted by atomic mass is 28.3. The van der Waals surface area contributed by atoms with Crippen LogP contribution in [0.1, 0.15) is 6.92 Å². The molecular weight excluding hydrogens is 130 g/mol. The lowest BCUT2D eigenvalue weighted by Crippen LogP contribution is -2.36. The van der Waals surface area contributed by atoms with Gasteiger partial charge in [0.15, 0.2) is 0 Å². The summed E-state index contributed by atoms with van der Waals surface area (Å²) in [5.41, 5.74) is 2.94. The topological polar surface area (TPSA) is 21.3 Å². The third-order valence-corrected chi connectivity index (χ3v) is 2.05. The van der Waals surface area contributed by atoms with E-state index in [1.54, 1.807) is 0 Å². The van der Waals surface area contributed by atoms with E-state index in [9.17, 15) is 0 Å². The first-order valence-electron chi connectivity index (χ1n) is 3.41. The van der Waals surface area contributed by atoms with Crippen molar-refractivity contribution in [2.75, 3.05) is 12.8 Å². The van der Waals surface area contributed by atoms with Crippen molar-refractivity contribution in [2.24, 2.45) is 0 Å². The maximum atomic E-state index is 4.99. The summed E-state index contributed by atoms with van der Waals surface area (Å²) in [6.45, 7) is 9.65. The zero-order valence-corrected chi connectivity index (χ0v) is 7.82. The van der Waals surface area contributed by atoms with Gasteiger partial charge in [0.1, 0.15) is 0 Å². The van der Waals surface area contributed by atoms with Crippen molar-refractivity contribution >= 4 is 8.07 Å². The Morgan fingerprint density at radius 3 is 2.22 bits per heavy atom. The van der Waals surface area contributed by atoms with Crippen molar-refractivity contribution < 1.29 is 4.84 Å². The average Bonchev–Trinajstić information content (AvgIpc) is 1.63. The summed E-state index contributed by atoms with van der Waals surface area (Å²) >= 11 is 0. The zero-order valence-electron chi connectivity index (χ0n) is 6.82. The normalized spacial score (nSPS) is 12.0.